The fraction of sp³-hybridized carbons (Fsp3) is 0.130. The molecule has 0 atom stereocenters. The van der Waals surface area contributed by atoms with E-state index in [2.05, 4.69) is 15.5 Å². The maximum atomic E-state index is 13.7. The molecule has 0 spiro atoms. The first-order valence-electron chi connectivity index (χ1n) is 9.57. The van der Waals surface area contributed by atoms with Gasteiger partial charge < -0.3 is 14.4 Å². The number of carbonyl (C=O) groups is 1. The zero-order chi connectivity index (χ0) is 22.0. The molecule has 8 heteroatoms. The Balaban J connectivity index is 1.53. The van der Waals surface area contributed by atoms with Crippen LogP contribution in [0.3, 0.4) is 0 Å². The summed E-state index contributed by atoms with van der Waals surface area (Å²) in [6, 6.07) is 15.0. The molecular formula is C23H19FN4O3. The van der Waals surface area contributed by atoms with E-state index in [0.717, 1.165) is 11.1 Å². The van der Waals surface area contributed by atoms with E-state index in [1.165, 1.54) is 22.9 Å². The zero-order valence-electron chi connectivity index (χ0n) is 16.9. The Morgan fingerprint density at radius 1 is 1.06 bits per heavy atom. The molecule has 0 radical (unpaired) electrons. The molecular weight excluding hydrogens is 399 g/mol. The lowest BCUT2D eigenvalue weighted by molar-refractivity contribution is -0.116. The van der Waals surface area contributed by atoms with Crippen molar-refractivity contribution in [3.8, 4) is 22.8 Å². The lowest BCUT2D eigenvalue weighted by Gasteiger charge is -2.09. The van der Waals surface area contributed by atoms with Gasteiger partial charge in [0.25, 0.3) is 11.4 Å². The molecule has 2 aromatic heterocycles. The quantitative estimate of drug-likeness (QED) is 0.530. The lowest BCUT2D eigenvalue weighted by atomic mass is 10.1. The molecule has 31 heavy (non-hydrogen) atoms. The molecule has 0 saturated carbocycles. The van der Waals surface area contributed by atoms with Crippen LogP contribution in [0.15, 0.2) is 70.1 Å². The van der Waals surface area contributed by atoms with Crippen molar-refractivity contribution < 1.29 is 13.7 Å². The maximum Gasteiger partial charge on any atom is 0.259 e. The number of carbonyl (C=O) groups excluding carboxylic acids is 1. The topological polar surface area (TPSA) is 90.0 Å². The number of halogens is 1. The maximum absolute atomic E-state index is 13.7. The monoisotopic (exact) mass is 418 g/mol. The number of pyridine rings is 1. The summed E-state index contributed by atoms with van der Waals surface area (Å²) in [6.45, 7) is 3.37. The average Bonchev–Trinajstić information content (AvgIpc) is 3.23. The Kier molecular flexibility index (Phi) is 5.44. The predicted molar refractivity (Wildman–Crippen MR) is 114 cm³/mol. The second-order valence-electron chi connectivity index (χ2n) is 7.19. The highest BCUT2D eigenvalue weighted by Crippen LogP contribution is 2.22. The minimum atomic E-state index is -0.464. The Morgan fingerprint density at radius 2 is 1.81 bits per heavy atom. The summed E-state index contributed by atoms with van der Waals surface area (Å²) in [4.78, 5) is 28.9. The van der Waals surface area contributed by atoms with Gasteiger partial charge in [0.2, 0.25) is 11.7 Å². The van der Waals surface area contributed by atoms with E-state index in [1.54, 1.807) is 25.1 Å². The Hall–Kier alpha value is -4.07. The second-order valence-corrected chi connectivity index (χ2v) is 7.19. The number of nitrogens with zero attached hydrogens (tertiary/aromatic N) is 3. The van der Waals surface area contributed by atoms with Crippen molar-refractivity contribution in [3.63, 3.8) is 0 Å². The first-order valence-corrected chi connectivity index (χ1v) is 9.57. The van der Waals surface area contributed by atoms with Gasteiger partial charge in [-0.05, 0) is 37.6 Å². The summed E-state index contributed by atoms with van der Waals surface area (Å²) < 4.78 is 20.2. The van der Waals surface area contributed by atoms with Crippen molar-refractivity contribution in [2.45, 2.75) is 20.4 Å². The van der Waals surface area contributed by atoms with Crippen molar-refractivity contribution in [3.05, 3.63) is 88.1 Å². The zero-order valence-corrected chi connectivity index (χ0v) is 16.9. The van der Waals surface area contributed by atoms with Crippen LogP contribution in [0.4, 0.5) is 10.1 Å². The van der Waals surface area contributed by atoms with Gasteiger partial charge in [-0.15, -0.1) is 0 Å². The molecule has 0 aliphatic carbocycles. The minimum Gasteiger partial charge on any atom is -0.334 e. The van der Waals surface area contributed by atoms with Gasteiger partial charge in [0, 0.05) is 23.5 Å². The van der Waals surface area contributed by atoms with Gasteiger partial charge in [0.05, 0.1) is 5.56 Å². The summed E-state index contributed by atoms with van der Waals surface area (Å²) in [5, 5.41) is 6.57. The van der Waals surface area contributed by atoms with Crippen molar-refractivity contribution in [2.75, 3.05) is 5.32 Å². The first kappa shape index (κ1) is 20.2. The average molecular weight is 418 g/mol. The minimum absolute atomic E-state index is 0.227. The van der Waals surface area contributed by atoms with Crippen LogP contribution in [-0.4, -0.2) is 20.6 Å². The van der Waals surface area contributed by atoms with E-state index in [9.17, 15) is 14.0 Å². The molecule has 156 valence electrons. The van der Waals surface area contributed by atoms with E-state index < -0.39 is 11.7 Å². The highest BCUT2D eigenvalue weighted by Gasteiger charge is 2.13. The number of benzene rings is 2. The number of anilines is 1. The van der Waals surface area contributed by atoms with Crippen molar-refractivity contribution in [1.82, 2.24) is 14.7 Å². The van der Waals surface area contributed by atoms with E-state index in [0.29, 0.717) is 22.6 Å². The molecule has 1 N–H and O–H groups in total. The summed E-state index contributed by atoms with van der Waals surface area (Å²) in [6.07, 6.45) is 1.48. The van der Waals surface area contributed by atoms with Crippen LogP contribution in [0.1, 0.15) is 11.1 Å². The van der Waals surface area contributed by atoms with Crippen LogP contribution in [0.5, 0.6) is 0 Å². The van der Waals surface area contributed by atoms with Crippen molar-refractivity contribution in [1.29, 1.82) is 0 Å². The summed E-state index contributed by atoms with van der Waals surface area (Å²) >= 11 is 0. The standard InChI is InChI=1S/C23H19FN4O3/c1-14-3-6-16(7-4-14)22-26-23(31-27-22)17-8-10-21(30)28(12-17)13-20(29)25-18-9-5-15(2)19(24)11-18/h3-12H,13H2,1-2H3,(H,25,29). The number of hydrogen-bond donors (Lipinski definition) is 1. The second kappa shape index (κ2) is 8.35. The van der Waals surface area contributed by atoms with Gasteiger partial charge >= 0.3 is 0 Å². The van der Waals surface area contributed by atoms with Crippen molar-refractivity contribution >= 4 is 11.6 Å². The van der Waals surface area contributed by atoms with E-state index in [4.69, 9.17) is 4.52 Å². The molecule has 4 aromatic rings. The third-order valence-corrected chi connectivity index (χ3v) is 4.74. The number of aromatic nitrogens is 3. The number of nitrogens with one attached hydrogen (secondary N) is 1. The fourth-order valence-electron chi connectivity index (χ4n) is 2.97. The summed E-state index contributed by atoms with van der Waals surface area (Å²) in [5.74, 6) is -0.233. The molecule has 0 saturated heterocycles. The summed E-state index contributed by atoms with van der Waals surface area (Å²) in [5.41, 5.74) is 2.85. The molecule has 2 heterocycles. The van der Waals surface area contributed by atoms with Gasteiger partial charge in [-0.25, -0.2) is 4.39 Å². The Labute approximate surface area is 177 Å². The Morgan fingerprint density at radius 3 is 2.55 bits per heavy atom. The smallest absolute Gasteiger partial charge is 0.259 e. The largest absolute Gasteiger partial charge is 0.334 e. The summed E-state index contributed by atoms with van der Waals surface area (Å²) in [7, 11) is 0. The lowest BCUT2D eigenvalue weighted by Crippen LogP contribution is -2.26. The number of rotatable bonds is 5. The SMILES string of the molecule is Cc1ccc(-c2noc(-c3ccc(=O)n(CC(=O)Nc4ccc(C)c(F)c4)c3)n2)cc1. The predicted octanol–water partition coefficient (Wildman–Crippen LogP) is 3.96. The van der Waals surface area contributed by atoms with Gasteiger partial charge in [-0.3, -0.25) is 9.59 Å². The van der Waals surface area contributed by atoms with Crippen LogP contribution < -0.4 is 10.9 Å². The number of hydrogen-bond acceptors (Lipinski definition) is 5. The fourth-order valence-corrected chi connectivity index (χ4v) is 2.97. The molecule has 0 bridgehead atoms. The Bertz CT molecular complexity index is 1310. The molecule has 2 aromatic carbocycles. The third-order valence-electron chi connectivity index (χ3n) is 4.74. The molecule has 0 aliphatic heterocycles. The normalized spacial score (nSPS) is 10.8. The highest BCUT2D eigenvalue weighted by molar-refractivity contribution is 5.90. The van der Waals surface area contributed by atoms with Crippen molar-refractivity contribution in [2.24, 2.45) is 0 Å². The first-order chi connectivity index (χ1) is 14.9. The van der Waals surface area contributed by atoms with E-state index >= 15 is 0 Å². The van der Waals surface area contributed by atoms with E-state index in [1.807, 2.05) is 31.2 Å². The molecule has 7 nitrogen and oxygen atoms in total. The third kappa shape index (κ3) is 4.58. The van der Waals surface area contributed by atoms with Gasteiger partial charge in [0.15, 0.2) is 0 Å². The molecule has 4 rings (SSSR count). The number of aryl methyl sites for hydroxylation is 2. The van der Waals surface area contributed by atoms with Crippen LogP contribution in [-0.2, 0) is 11.3 Å². The molecule has 0 unspecified atom stereocenters. The van der Waals surface area contributed by atoms with E-state index in [-0.39, 0.29) is 18.0 Å². The van der Waals surface area contributed by atoms with Crippen LogP contribution >= 0.6 is 0 Å². The van der Waals surface area contributed by atoms with Gasteiger partial charge in [-0.1, -0.05) is 41.1 Å². The highest BCUT2D eigenvalue weighted by atomic mass is 19.1. The number of amides is 1. The van der Waals surface area contributed by atoms with Crippen LogP contribution in [0, 0.1) is 19.7 Å². The molecule has 1 amide bonds. The van der Waals surface area contributed by atoms with Crippen LogP contribution in [0.25, 0.3) is 22.8 Å². The van der Waals surface area contributed by atoms with Gasteiger partial charge in [0.1, 0.15) is 12.4 Å². The van der Waals surface area contributed by atoms with Gasteiger partial charge in [-0.2, -0.15) is 4.98 Å². The van der Waals surface area contributed by atoms with Crippen LogP contribution in [0.2, 0.25) is 0 Å². The molecule has 0 aliphatic rings. The molecule has 0 fully saturated rings.